The minimum absolute atomic E-state index is 0. The largest absolute Gasteiger partial charge is 0.416 e. The van der Waals surface area contributed by atoms with E-state index < -0.39 is 46.0 Å². The summed E-state index contributed by atoms with van der Waals surface area (Å²) in [5.41, 5.74) is -3.26. The Morgan fingerprint density at radius 2 is 1.62 bits per heavy atom. The molecule has 0 aliphatic heterocycles. The van der Waals surface area contributed by atoms with E-state index in [1.807, 2.05) is 0 Å². The van der Waals surface area contributed by atoms with Crippen LogP contribution >= 0.6 is 0 Å². The fourth-order valence-corrected chi connectivity index (χ4v) is 4.36. The number of hydrogen-bond donors (Lipinski definition) is 5. The molecule has 0 aromatic heterocycles. The Labute approximate surface area is 206 Å². The molecule has 0 heterocycles. The van der Waals surface area contributed by atoms with E-state index in [2.05, 4.69) is 11.4 Å². The zero-order chi connectivity index (χ0) is 22.9. The molecule has 2 aromatic carbocycles. The molecule has 11 heteroatoms. The van der Waals surface area contributed by atoms with Crippen LogP contribution < -0.4 is 10.2 Å². The summed E-state index contributed by atoms with van der Waals surface area (Å²) < 4.78 is 52.9. The van der Waals surface area contributed by atoms with E-state index in [-0.39, 0.29) is 43.3 Å². The molecule has 1 radical (unpaired) electrons. The van der Waals surface area contributed by atoms with Gasteiger partial charge in [-0.3, -0.25) is 9.29 Å². The SMILES string of the molecule is CC1(C(O)(O)N(c2cc[c-]cc2F)C(O)(O)Nc2ccc(C(F)(F)F)cc2)CC12CC2.[Y]. The number of halogens is 4. The summed E-state index contributed by atoms with van der Waals surface area (Å²) >= 11 is 0. The van der Waals surface area contributed by atoms with Crippen molar-refractivity contribution in [3.8, 4) is 0 Å². The molecule has 1 unspecified atom stereocenters. The predicted octanol–water partition coefficient (Wildman–Crippen LogP) is 2.99. The third kappa shape index (κ3) is 4.06. The molecule has 171 valence electrons. The molecular weight excluding hydrogens is 509 g/mol. The monoisotopic (exact) mass is 530 g/mol. The molecule has 0 amide bonds. The molecule has 2 fully saturated rings. The summed E-state index contributed by atoms with van der Waals surface area (Å²) in [6.45, 7) is 1.55. The van der Waals surface area contributed by atoms with Gasteiger partial charge in [-0.15, -0.1) is 12.1 Å². The van der Waals surface area contributed by atoms with E-state index in [1.165, 1.54) is 6.07 Å². The van der Waals surface area contributed by atoms with Crippen LogP contribution in [0.15, 0.2) is 42.5 Å². The summed E-state index contributed by atoms with van der Waals surface area (Å²) in [6, 6.07) is 5.69. The van der Waals surface area contributed by atoms with Gasteiger partial charge in [-0.25, -0.2) is 0 Å². The van der Waals surface area contributed by atoms with E-state index >= 15 is 0 Å². The van der Waals surface area contributed by atoms with E-state index in [9.17, 15) is 38.0 Å². The van der Waals surface area contributed by atoms with Crippen molar-refractivity contribution >= 4 is 11.4 Å². The van der Waals surface area contributed by atoms with Gasteiger partial charge in [0.2, 0.25) is 0 Å². The van der Waals surface area contributed by atoms with E-state index in [1.54, 1.807) is 6.92 Å². The predicted molar refractivity (Wildman–Crippen MR) is 102 cm³/mol. The molecule has 0 saturated heterocycles. The minimum atomic E-state index is -4.59. The number of nitrogens with zero attached hydrogens (tertiary/aromatic N) is 1. The van der Waals surface area contributed by atoms with Crippen LogP contribution in [-0.2, 0) is 38.9 Å². The number of nitrogens with one attached hydrogen (secondary N) is 1. The Hall–Kier alpha value is -1.30. The quantitative estimate of drug-likeness (QED) is 0.224. The van der Waals surface area contributed by atoms with E-state index in [0.717, 1.165) is 24.3 Å². The summed E-state index contributed by atoms with van der Waals surface area (Å²) in [5.74, 6) is -3.92. The zero-order valence-corrected chi connectivity index (χ0v) is 19.8. The first kappa shape index (κ1) is 25.3. The summed E-state index contributed by atoms with van der Waals surface area (Å²) in [6.07, 6.45) is -2.79. The van der Waals surface area contributed by atoms with Crippen molar-refractivity contribution in [2.75, 3.05) is 10.2 Å². The first-order chi connectivity index (χ1) is 14.2. The van der Waals surface area contributed by atoms with Crippen LogP contribution in [0, 0.1) is 22.7 Å². The van der Waals surface area contributed by atoms with Crippen molar-refractivity contribution in [3.05, 3.63) is 59.9 Å². The molecule has 1 spiro atoms. The van der Waals surface area contributed by atoms with Crippen LogP contribution in [0.3, 0.4) is 0 Å². The molecule has 2 aliphatic carbocycles. The molecule has 32 heavy (non-hydrogen) atoms. The van der Waals surface area contributed by atoms with Gasteiger partial charge in [0.25, 0.3) is 5.91 Å². The molecule has 2 aliphatic rings. The van der Waals surface area contributed by atoms with Gasteiger partial charge in [0, 0.05) is 49.6 Å². The maximum Gasteiger partial charge on any atom is 0.416 e. The van der Waals surface area contributed by atoms with Gasteiger partial charge >= 0.3 is 12.2 Å². The van der Waals surface area contributed by atoms with Crippen molar-refractivity contribution in [2.24, 2.45) is 10.8 Å². The van der Waals surface area contributed by atoms with Crippen LogP contribution in [0.4, 0.5) is 28.9 Å². The minimum Gasteiger partial charge on any atom is -0.348 e. The van der Waals surface area contributed by atoms with Crippen molar-refractivity contribution in [3.63, 3.8) is 0 Å². The smallest absolute Gasteiger partial charge is 0.348 e. The molecule has 1 atom stereocenters. The van der Waals surface area contributed by atoms with Gasteiger partial charge in [0.1, 0.15) is 0 Å². The average molecular weight is 530 g/mol. The first-order valence-corrected chi connectivity index (χ1v) is 9.54. The maximum absolute atomic E-state index is 14.6. The second-order valence-corrected chi connectivity index (χ2v) is 8.47. The third-order valence-corrected chi connectivity index (χ3v) is 6.51. The van der Waals surface area contributed by atoms with Gasteiger partial charge in [-0.05, 0) is 54.6 Å². The Morgan fingerprint density at radius 3 is 2.09 bits per heavy atom. The van der Waals surface area contributed by atoms with Gasteiger partial charge in [0.05, 0.1) is 5.56 Å². The Kier molecular flexibility index (Phi) is 6.24. The van der Waals surface area contributed by atoms with Crippen LogP contribution in [0.2, 0.25) is 0 Å². The van der Waals surface area contributed by atoms with E-state index in [4.69, 9.17) is 0 Å². The molecule has 0 bridgehead atoms. The van der Waals surface area contributed by atoms with Crippen molar-refractivity contribution in [2.45, 2.75) is 44.3 Å². The van der Waals surface area contributed by atoms with Crippen LogP contribution in [0.25, 0.3) is 0 Å². The van der Waals surface area contributed by atoms with Crippen LogP contribution in [0.1, 0.15) is 31.7 Å². The molecule has 2 aromatic rings. The number of aliphatic hydroxyl groups is 4. The van der Waals surface area contributed by atoms with Crippen molar-refractivity contribution in [1.29, 1.82) is 0 Å². The standard InChI is InChI=1S/C21H21F4N2O4.Y/c1-17(12-18(17)10-11-18)20(28,29)27(16-5-3-2-4-15(16)22)21(30,31)26-14-8-6-13(7-9-14)19(23,24)25;/h3-9,26,28-31H,10-12H2,1H3;/q-1;. The molecule has 2 saturated carbocycles. The topological polar surface area (TPSA) is 96.2 Å². The van der Waals surface area contributed by atoms with Gasteiger partial charge in [-0.1, -0.05) is 6.92 Å². The van der Waals surface area contributed by atoms with Crippen LogP contribution in [-0.4, -0.2) is 32.4 Å². The van der Waals surface area contributed by atoms with Gasteiger partial charge < -0.3 is 25.7 Å². The number of hydrogen-bond acceptors (Lipinski definition) is 6. The zero-order valence-electron chi connectivity index (χ0n) is 17.0. The number of rotatable bonds is 6. The Bertz CT molecular complexity index is 996. The number of alkyl halides is 3. The van der Waals surface area contributed by atoms with Crippen molar-refractivity contribution < 1.29 is 70.7 Å². The number of benzene rings is 2. The second kappa shape index (κ2) is 7.89. The molecular formula is C21H21F4N2O4Y-. The number of anilines is 2. The summed E-state index contributed by atoms with van der Waals surface area (Å²) in [5, 5.41) is 45.9. The molecule has 6 nitrogen and oxygen atoms in total. The van der Waals surface area contributed by atoms with Gasteiger partial charge in [0.15, 0.2) is 0 Å². The van der Waals surface area contributed by atoms with Gasteiger partial charge in [-0.2, -0.15) is 25.3 Å². The third-order valence-electron chi connectivity index (χ3n) is 6.51. The fraction of sp³-hybridized carbons (Fsp3) is 0.429. The van der Waals surface area contributed by atoms with Crippen molar-refractivity contribution in [1.82, 2.24) is 0 Å². The molecule has 5 N–H and O–H groups in total. The summed E-state index contributed by atoms with van der Waals surface area (Å²) in [7, 11) is 0. The average Bonchev–Trinajstić information content (AvgIpc) is 3.54. The summed E-state index contributed by atoms with van der Waals surface area (Å²) in [4.78, 5) is 0.286. The first-order valence-electron chi connectivity index (χ1n) is 9.54. The Morgan fingerprint density at radius 1 is 1.03 bits per heavy atom. The van der Waals surface area contributed by atoms with Crippen LogP contribution in [0.5, 0.6) is 0 Å². The second-order valence-electron chi connectivity index (χ2n) is 8.47. The molecule has 4 rings (SSSR count). The van der Waals surface area contributed by atoms with E-state index in [0.29, 0.717) is 31.4 Å². The maximum atomic E-state index is 14.6. The normalized spacial score (nSPS) is 21.7. The fourth-order valence-electron chi connectivity index (χ4n) is 4.36. The Balaban J connectivity index is 0.00000289.